The molecule has 2 aromatic rings. The second-order valence-corrected chi connectivity index (χ2v) is 6.44. The summed E-state index contributed by atoms with van der Waals surface area (Å²) in [7, 11) is 1.67. The van der Waals surface area contributed by atoms with Gasteiger partial charge in [-0.25, -0.2) is 4.39 Å². The van der Waals surface area contributed by atoms with Crippen LogP contribution in [0.3, 0.4) is 0 Å². The van der Waals surface area contributed by atoms with Gasteiger partial charge in [-0.1, -0.05) is 56.9 Å². The van der Waals surface area contributed by atoms with E-state index in [2.05, 4.69) is 12.2 Å². The number of rotatable bonds is 12. The molecule has 0 radical (unpaired) electrons. The third kappa shape index (κ3) is 6.68. The van der Waals surface area contributed by atoms with Gasteiger partial charge in [0.05, 0.1) is 13.7 Å². The SMILES string of the molecule is CCCCCCCOc1c(CNCc2ccc(F)cc2)cccc1OC. The first kappa shape index (κ1) is 20.2. The van der Waals surface area contributed by atoms with Crippen LogP contribution in [0.2, 0.25) is 0 Å². The molecule has 1 N–H and O–H groups in total. The van der Waals surface area contributed by atoms with E-state index in [-0.39, 0.29) is 5.82 Å². The molecule has 0 aliphatic rings. The lowest BCUT2D eigenvalue weighted by Gasteiger charge is -2.15. The van der Waals surface area contributed by atoms with Crippen molar-refractivity contribution in [3.8, 4) is 11.5 Å². The first-order valence-electron chi connectivity index (χ1n) is 9.48. The van der Waals surface area contributed by atoms with Crippen LogP contribution in [-0.2, 0) is 13.1 Å². The number of hydrogen-bond donors (Lipinski definition) is 1. The zero-order chi connectivity index (χ0) is 18.6. The van der Waals surface area contributed by atoms with Gasteiger partial charge >= 0.3 is 0 Å². The van der Waals surface area contributed by atoms with E-state index < -0.39 is 0 Å². The van der Waals surface area contributed by atoms with Crippen LogP contribution in [-0.4, -0.2) is 13.7 Å². The zero-order valence-corrected chi connectivity index (χ0v) is 15.9. The lowest BCUT2D eigenvalue weighted by Crippen LogP contribution is -2.14. The number of nitrogens with one attached hydrogen (secondary N) is 1. The Labute approximate surface area is 156 Å². The minimum Gasteiger partial charge on any atom is -0.493 e. The number of unbranched alkanes of at least 4 members (excludes halogenated alkanes) is 4. The van der Waals surface area contributed by atoms with Crippen molar-refractivity contribution in [1.82, 2.24) is 5.32 Å². The Balaban J connectivity index is 1.88. The van der Waals surface area contributed by atoms with Gasteiger partial charge in [0.2, 0.25) is 0 Å². The van der Waals surface area contributed by atoms with Crippen LogP contribution in [0.1, 0.15) is 50.2 Å². The summed E-state index contributed by atoms with van der Waals surface area (Å²) in [4.78, 5) is 0. The summed E-state index contributed by atoms with van der Waals surface area (Å²) in [5, 5.41) is 3.39. The molecule has 2 aromatic carbocycles. The van der Waals surface area contributed by atoms with Gasteiger partial charge in [0.25, 0.3) is 0 Å². The number of halogens is 1. The van der Waals surface area contributed by atoms with E-state index in [0.29, 0.717) is 19.7 Å². The second kappa shape index (κ2) is 11.5. The van der Waals surface area contributed by atoms with Crippen molar-refractivity contribution in [2.24, 2.45) is 0 Å². The maximum atomic E-state index is 13.0. The highest BCUT2D eigenvalue weighted by Gasteiger charge is 2.10. The summed E-state index contributed by atoms with van der Waals surface area (Å²) in [6.45, 7) is 4.26. The number of ether oxygens (including phenoxy) is 2. The molecule has 0 amide bonds. The molecule has 0 fully saturated rings. The fourth-order valence-corrected chi connectivity index (χ4v) is 2.85. The summed E-state index contributed by atoms with van der Waals surface area (Å²) < 4.78 is 24.5. The Morgan fingerprint density at radius 3 is 2.42 bits per heavy atom. The van der Waals surface area contributed by atoms with Gasteiger partial charge in [-0.05, 0) is 30.2 Å². The standard InChI is InChI=1S/C22H30FNO2/c1-3-4-5-6-7-15-26-22-19(9-8-10-21(22)25-2)17-24-16-18-11-13-20(23)14-12-18/h8-14,24H,3-7,15-17H2,1-2H3. The number of methoxy groups -OCH3 is 1. The molecule has 0 aliphatic carbocycles. The predicted molar refractivity (Wildman–Crippen MR) is 104 cm³/mol. The van der Waals surface area contributed by atoms with Crippen molar-refractivity contribution in [2.75, 3.05) is 13.7 Å². The van der Waals surface area contributed by atoms with Crippen LogP contribution in [0.5, 0.6) is 11.5 Å². The molecule has 0 spiro atoms. The quantitative estimate of drug-likeness (QED) is 0.510. The van der Waals surface area contributed by atoms with Gasteiger partial charge in [0.15, 0.2) is 11.5 Å². The van der Waals surface area contributed by atoms with E-state index in [9.17, 15) is 4.39 Å². The third-order valence-electron chi connectivity index (χ3n) is 4.33. The molecular formula is C22H30FNO2. The molecule has 4 heteroatoms. The van der Waals surface area contributed by atoms with Crippen LogP contribution in [0.25, 0.3) is 0 Å². The zero-order valence-electron chi connectivity index (χ0n) is 15.9. The predicted octanol–water partition coefficient (Wildman–Crippen LogP) is 5.47. The first-order chi connectivity index (χ1) is 12.7. The molecular weight excluding hydrogens is 329 g/mol. The van der Waals surface area contributed by atoms with E-state index in [1.807, 2.05) is 18.2 Å². The van der Waals surface area contributed by atoms with Crippen LogP contribution >= 0.6 is 0 Å². The van der Waals surface area contributed by atoms with Crippen molar-refractivity contribution in [3.05, 3.63) is 59.4 Å². The second-order valence-electron chi connectivity index (χ2n) is 6.44. The van der Waals surface area contributed by atoms with E-state index in [4.69, 9.17) is 9.47 Å². The number of hydrogen-bond acceptors (Lipinski definition) is 3. The highest BCUT2D eigenvalue weighted by molar-refractivity contribution is 5.46. The van der Waals surface area contributed by atoms with Crippen molar-refractivity contribution in [3.63, 3.8) is 0 Å². The van der Waals surface area contributed by atoms with Crippen molar-refractivity contribution < 1.29 is 13.9 Å². The summed E-state index contributed by atoms with van der Waals surface area (Å²) >= 11 is 0. The Morgan fingerprint density at radius 2 is 1.69 bits per heavy atom. The third-order valence-corrected chi connectivity index (χ3v) is 4.33. The van der Waals surface area contributed by atoms with Gasteiger partial charge in [-0.3, -0.25) is 0 Å². The van der Waals surface area contributed by atoms with E-state index in [1.54, 1.807) is 19.2 Å². The normalized spacial score (nSPS) is 10.7. The summed E-state index contributed by atoms with van der Waals surface area (Å²) in [6, 6.07) is 12.5. The summed E-state index contributed by atoms with van der Waals surface area (Å²) in [5.41, 5.74) is 2.12. The Kier molecular flexibility index (Phi) is 8.98. The molecule has 26 heavy (non-hydrogen) atoms. The Morgan fingerprint density at radius 1 is 0.923 bits per heavy atom. The molecule has 0 atom stereocenters. The molecule has 2 rings (SSSR count). The largest absolute Gasteiger partial charge is 0.493 e. The maximum absolute atomic E-state index is 13.0. The molecule has 0 bridgehead atoms. The fraction of sp³-hybridized carbons (Fsp3) is 0.455. The van der Waals surface area contributed by atoms with Crippen LogP contribution in [0.15, 0.2) is 42.5 Å². The average Bonchev–Trinajstić information content (AvgIpc) is 2.66. The first-order valence-corrected chi connectivity index (χ1v) is 9.48. The molecule has 0 saturated carbocycles. The number of benzene rings is 2. The lowest BCUT2D eigenvalue weighted by atomic mass is 10.1. The Bertz CT molecular complexity index is 643. The average molecular weight is 359 g/mol. The molecule has 0 aromatic heterocycles. The molecule has 3 nitrogen and oxygen atoms in total. The minimum atomic E-state index is -0.212. The lowest BCUT2D eigenvalue weighted by molar-refractivity contribution is 0.281. The van der Waals surface area contributed by atoms with Crippen molar-refractivity contribution >= 4 is 0 Å². The highest BCUT2D eigenvalue weighted by Crippen LogP contribution is 2.31. The van der Waals surface area contributed by atoms with E-state index >= 15 is 0 Å². The van der Waals surface area contributed by atoms with Crippen LogP contribution in [0.4, 0.5) is 4.39 Å². The fourth-order valence-electron chi connectivity index (χ4n) is 2.85. The minimum absolute atomic E-state index is 0.212. The van der Waals surface area contributed by atoms with Crippen LogP contribution < -0.4 is 14.8 Å². The molecule has 0 unspecified atom stereocenters. The van der Waals surface area contributed by atoms with Gasteiger partial charge in [-0.2, -0.15) is 0 Å². The summed E-state index contributed by atoms with van der Waals surface area (Å²) in [5.74, 6) is 1.37. The van der Waals surface area contributed by atoms with Crippen LogP contribution in [0, 0.1) is 5.82 Å². The highest BCUT2D eigenvalue weighted by atomic mass is 19.1. The molecule has 0 heterocycles. The monoisotopic (exact) mass is 359 g/mol. The van der Waals surface area contributed by atoms with Crippen molar-refractivity contribution in [1.29, 1.82) is 0 Å². The van der Waals surface area contributed by atoms with Gasteiger partial charge in [0.1, 0.15) is 5.82 Å². The smallest absolute Gasteiger partial charge is 0.165 e. The Hall–Kier alpha value is -2.07. The number of para-hydroxylation sites is 1. The molecule has 0 aliphatic heterocycles. The van der Waals surface area contributed by atoms with Gasteiger partial charge in [0, 0.05) is 18.7 Å². The van der Waals surface area contributed by atoms with Gasteiger partial charge in [-0.15, -0.1) is 0 Å². The molecule has 142 valence electrons. The van der Waals surface area contributed by atoms with E-state index in [1.165, 1.54) is 37.8 Å². The van der Waals surface area contributed by atoms with E-state index in [0.717, 1.165) is 29.0 Å². The van der Waals surface area contributed by atoms with Crippen molar-refractivity contribution in [2.45, 2.75) is 52.1 Å². The van der Waals surface area contributed by atoms with Gasteiger partial charge < -0.3 is 14.8 Å². The summed E-state index contributed by atoms with van der Waals surface area (Å²) in [6.07, 6.45) is 6.05. The maximum Gasteiger partial charge on any atom is 0.165 e. The molecule has 0 saturated heterocycles. The topological polar surface area (TPSA) is 30.5 Å².